The summed E-state index contributed by atoms with van der Waals surface area (Å²) in [6.45, 7) is 3.84. The summed E-state index contributed by atoms with van der Waals surface area (Å²) in [5, 5.41) is 5.20. The first-order valence-corrected chi connectivity index (χ1v) is 7.62. The number of hydrogen-bond acceptors (Lipinski definition) is 3. The molecule has 23 heavy (non-hydrogen) atoms. The van der Waals surface area contributed by atoms with Crippen LogP contribution in [-0.4, -0.2) is 18.4 Å². The molecule has 2 aromatic rings. The molecule has 2 rings (SSSR count). The number of benzene rings is 1. The van der Waals surface area contributed by atoms with Crippen LogP contribution in [0, 0.1) is 0 Å². The highest BCUT2D eigenvalue weighted by Crippen LogP contribution is 2.14. The van der Waals surface area contributed by atoms with Crippen LogP contribution in [0.4, 0.5) is 0 Å². The van der Waals surface area contributed by atoms with Crippen molar-refractivity contribution < 1.29 is 14.0 Å². The molecule has 0 atom stereocenters. The summed E-state index contributed by atoms with van der Waals surface area (Å²) in [7, 11) is 0. The summed E-state index contributed by atoms with van der Waals surface area (Å²) >= 11 is 3.13. The van der Waals surface area contributed by atoms with Gasteiger partial charge >= 0.3 is 0 Å². The SMILES string of the molecule is C=CCNC(=O)/C(=C/c1ccccc1)NC(=O)c1ccc(Br)o1. The average molecular weight is 375 g/mol. The van der Waals surface area contributed by atoms with Gasteiger partial charge in [-0.25, -0.2) is 0 Å². The summed E-state index contributed by atoms with van der Waals surface area (Å²) in [4.78, 5) is 24.4. The van der Waals surface area contributed by atoms with E-state index in [2.05, 4.69) is 33.1 Å². The molecule has 0 spiro atoms. The molecule has 0 saturated carbocycles. The van der Waals surface area contributed by atoms with Crippen molar-refractivity contribution in [2.24, 2.45) is 0 Å². The van der Waals surface area contributed by atoms with E-state index in [1.165, 1.54) is 6.07 Å². The Morgan fingerprint density at radius 3 is 2.52 bits per heavy atom. The number of amides is 2. The van der Waals surface area contributed by atoms with Gasteiger partial charge in [0.15, 0.2) is 10.4 Å². The van der Waals surface area contributed by atoms with Crippen LogP contribution in [0.25, 0.3) is 6.08 Å². The molecule has 6 heteroatoms. The van der Waals surface area contributed by atoms with Gasteiger partial charge < -0.3 is 15.1 Å². The first-order valence-electron chi connectivity index (χ1n) is 6.82. The van der Waals surface area contributed by atoms with E-state index in [1.54, 1.807) is 18.2 Å². The fraction of sp³-hybridized carbons (Fsp3) is 0.0588. The van der Waals surface area contributed by atoms with Gasteiger partial charge in [-0.2, -0.15) is 0 Å². The summed E-state index contributed by atoms with van der Waals surface area (Å²) < 4.78 is 5.62. The van der Waals surface area contributed by atoms with Crippen LogP contribution >= 0.6 is 15.9 Å². The second kappa shape index (κ2) is 8.14. The Kier molecular flexibility index (Phi) is 5.94. The van der Waals surface area contributed by atoms with E-state index in [4.69, 9.17) is 4.42 Å². The lowest BCUT2D eigenvalue weighted by Crippen LogP contribution is -2.34. The highest BCUT2D eigenvalue weighted by Gasteiger charge is 2.16. The van der Waals surface area contributed by atoms with Crippen molar-refractivity contribution in [3.8, 4) is 0 Å². The normalized spacial score (nSPS) is 10.9. The Balaban J connectivity index is 2.22. The second-order valence-electron chi connectivity index (χ2n) is 4.53. The van der Waals surface area contributed by atoms with Gasteiger partial charge in [-0.05, 0) is 39.7 Å². The molecular formula is C17H15BrN2O3. The Morgan fingerprint density at radius 2 is 1.91 bits per heavy atom. The molecule has 0 bridgehead atoms. The van der Waals surface area contributed by atoms with Gasteiger partial charge in [-0.1, -0.05) is 36.4 Å². The van der Waals surface area contributed by atoms with Gasteiger partial charge in [0.25, 0.3) is 11.8 Å². The highest BCUT2D eigenvalue weighted by molar-refractivity contribution is 9.10. The van der Waals surface area contributed by atoms with Crippen molar-refractivity contribution in [2.45, 2.75) is 0 Å². The monoisotopic (exact) mass is 374 g/mol. The Bertz CT molecular complexity index is 735. The number of rotatable bonds is 6. The predicted molar refractivity (Wildman–Crippen MR) is 91.5 cm³/mol. The molecule has 0 unspecified atom stereocenters. The number of carbonyl (C=O) groups excluding carboxylic acids is 2. The minimum Gasteiger partial charge on any atom is -0.444 e. The van der Waals surface area contributed by atoms with E-state index < -0.39 is 11.8 Å². The predicted octanol–water partition coefficient (Wildman–Crippen LogP) is 3.12. The summed E-state index contributed by atoms with van der Waals surface area (Å²) in [5.74, 6) is -0.813. The Hall–Kier alpha value is -2.60. The minimum atomic E-state index is -0.508. The van der Waals surface area contributed by atoms with Gasteiger partial charge in [-0.15, -0.1) is 6.58 Å². The molecule has 0 aliphatic carbocycles. The molecule has 118 valence electrons. The maximum Gasteiger partial charge on any atom is 0.291 e. The summed E-state index contributed by atoms with van der Waals surface area (Å²) in [6.07, 6.45) is 3.15. The number of halogens is 1. The quantitative estimate of drug-likeness (QED) is 0.602. The first-order chi connectivity index (χ1) is 11.1. The molecule has 2 N–H and O–H groups in total. The Labute approximate surface area is 142 Å². The van der Waals surface area contributed by atoms with Gasteiger partial charge in [0.2, 0.25) is 0 Å². The lowest BCUT2D eigenvalue weighted by atomic mass is 10.2. The van der Waals surface area contributed by atoms with Crippen molar-refractivity contribution in [3.05, 3.63) is 76.8 Å². The standard InChI is InChI=1S/C17H15BrN2O3/c1-2-10-19-16(21)13(11-12-6-4-3-5-7-12)20-17(22)14-8-9-15(18)23-14/h2-9,11H,1,10H2,(H,19,21)(H,20,22)/b13-11-. The topological polar surface area (TPSA) is 71.3 Å². The zero-order valence-corrected chi connectivity index (χ0v) is 13.8. The zero-order valence-electron chi connectivity index (χ0n) is 12.2. The molecule has 0 fully saturated rings. The van der Waals surface area contributed by atoms with Crippen molar-refractivity contribution in [1.82, 2.24) is 10.6 Å². The highest BCUT2D eigenvalue weighted by atomic mass is 79.9. The fourth-order valence-electron chi connectivity index (χ4n) is 1.75. The van der Waals surface area contributed by atoms with Crippen LogP contribution < -0.4 is 10.6 Å². The lowest BCUT2D eigenvalue weighted by Gasteiger charge is -2.09. The zero-order chi connectivity index (χ0) is 16.7. The maximum absolute atomic E-state index is 12.2. The minimum absolute atomic E-state index is 0.104. The molecular weight excluding hydrogens is 360 g/mol. The largest absolute Gasteiger partial charge is 0.444 e. The van der Waals surface area contributed by atoms with Crippen molar-refractivity contribution in [1.29, 1.82) is 0 Å². The van der Waals surface area contributed by atoms with E-state index in [0.29, 0.717) is 11.2 Å². The first kappa shape index (κ1) is 16.8. The lowest BCUT2D eigenvalue weighted by molar-refractivity contribution is -0.117. The van der Waals surface area contributed by atoms with Crippen molar-refractivity contribution >= 4 is 33.8 Å². The molecule has 1 aromatic heterocycles. The van der Waals surface area contributed by atoms with Crippen LogP contribution in [0.2, 0.25) is 0 Å². The van der Waals surface area contributed by atoms with Crippen molar-refractivity contribution in [3.63, 3.8) is 0 Å². The molecule has 2 amide bonds. The molecule has 5 nitrogen and oxygen atoms in total. The van der Waals surface area contributed by atoms with E-state index in [9.17, 15) is 9.59 Å². The second-order valence-corrected chi connectivity index (χ2v) is 5.31. The fourth-order valence-corrected chi connectivity index (χ4v) is 2.06. The Morgan fingerprint density at radius 1 is 1.17 bits per heavy atom. The molecule has 0 radical (unpaired) electrons. The van der Waals surface area contributed by atoms with Crippen LogP contribution in [0.15, 0.2) is 69.9 Å². The van der Waals surface area contributed by atoms with E-state index in [-0.39, 0.29) is 11.5 Å². The van der Waals surface area contributed by atoms with Gasteiger partial charge in [0.05, 0.1) is 0 Å². The van der Waals surface area contributed by atoms with Crippen LogP contribution in [0.1, 0.15) is 16.1 Å². The summed E-state index contributed by atoms with van der Waals surface area (Å²) in [5.41, 5.74) is 0.910. The number of nitrogens with one attached hydrogen (secondary N) is 2. The molecule has 1 aromatic carbocycles. The molecule has 0 aliphatic rings. The van der Waals surface area contributed by atoms with Gasteiger partial charge in [0.1, 0.15) is 5.70 Å². The number of carbonyl (C=O) groups is 2. The van der Waals surface area contributed by atoms with E-state index >= 15 is 0 Å². The van der Waals surface area contributed by atoms with Crippen molar-refractivity contribution in [2.75, 3.05) is 6.54 Å². The maximum atomic E-state index is 12.2. The van der Waals surface area contributed by atoms with Crippen LogP contribution in [0.3, 0.4) is 0 Å². The smallest absolute Gasteiger partial charge is 0.291 e. The third kappa shape index (κ3) is 4.96. The van der Waals surface area contributed by atoms with E-state index in [0.717, 1.165) is 5.56 Å². The molecule has 1 heterocycles. The molecule has 0 aliphatic heterocycles. The van der Waals surface area contributed by atoms with Gasteiger partial charge in [0, 0.05) is 6.54 Å². The van der Waals surface area contributed by atoms with Gasteiger partial charge in [-0.3, -0.25) is 9.59 Å². The number of furan rings is 1. The third-order valence-electron chi connectivity index (χ3n) is 2.81. The number of hydrogen-bond donors (Lipinski definition) is 2. The van der Waals surface area contributed by atoms with Crippen LogP contribution in [-0.2, 0) is 4.79 Å². The van der Waals surface area contributed by atoms with E-state index in [1.807, 2.05) is 30.3 Å². The molecule has 0 saturated heterocycles. The third-order valence-corrected chi connectivity index (χ3v) is 3.23. The average Bonchev–Trinajstić information content (AvgIpc) is 2.99. The van der Waals surface area contributed by atoms with Crippen LogP contribution in [0.5, 0.6) is 0 Å². The summed E-state index contributed by atoms with van der Waals surface area (Å²) in [6, 6.07) is 12.3.